The molecular weight excluding hydrogens is 352 g/mol. The zero-order valence-corrected chi connectivity index (χ0v) is 13.7. The SMILES string of the molecule is C.O=C1C=CC(=O)C2=C1OS(=O)(=O)c1cccc(c1)C2c1ccccc1. The summed E-state index contributed by atoms with van der Waals surface area (Å²) in [6.45, 7) is 0. The first-order valence-corrected chi connectivity index (χ1v) is 8.98. The van der Waals surface area contributed by atoms with Crippen LogP contribution in [0.1, 0.15) is 24.5 Å². The van der Waals surface area contributed by atoms with Crippen LogP contribution >= 0.6 is 0 Å². The van der Waals surface area contributed by atoms with Crippen LogP contribution in [0.4, 0.5) is 0 Å². The second kappa shape index (κ2) is 6.38. The van der Waals surface area contributed by atoms with E-state index in [1.165, 1.54) is 12.1 Å². The number of rotatable bonds is 1. The van der Waals surface area contributed by atoms with Gasteiger partial charge < -0.3 is 4.18 Å². The number of benzene rings is 2. The number of carbonyl (C=O) groups excluding carboxylic acids is 2. The van der Waals surface area contributed by atoms with Gasteiger partial charge in [-0.1, -0.05) is 49.9 Å². The second-order valence-corrected chi connectivity index (χ2v) is 7.30. The normalized spacial score (nSPS) is 20.4. The van der Waals surface area contributed by atoms with Gasteiger partial charge in [-0.05, 0) is 35.4 Å². The highest BCUT2D eigenvalue weighted by atomic mass is 32.2. The van der Waals surface area contributed by atoms with Gasteiger partial charge in [-0.3, -0.25) is 9.59 Å². The topological polar surface area (TPSA) is 77.5 Å². The molecule has 0 spiro atoms. The number of carbonyl (C=O) groups is 2. The Kier molecular flexibility index (Phi) is 4.38. The van der Waals surface area contributed by atoms with E-state index in [9.17, 15) is 18.0 Å². The van der Waals surface area contributed by atoms with Crippen LogP contribution in [0.2, 0.25) is 0 Å². The average molecular weight is 368 g/mol. The molecule has 2 aromatic rings. The van der Waals surface area contributed by atoms with Crippen LogP contribution in [0.3, 0.4) is 0 Å². The molecule has 1 aliphatic heterocycles. The molecule has 0 amide bonds. The molecule has 2 bridgehead atoms. The van der Waals surface area contributed by atoms with Gasteiger partial charge in [0, 0.05) is 5.92 Å². The molecule has 2 aliphatic rings. The molecule has 0 fully saturated rings. The highest BCUT2D eigenvalue weighted by Crippen LogP contribution is 2.39. The molecule has 2 aromatic carbocycles. The van der Waals surface area contributed by atoms with Gasteiger partial charge in [0.15, 0.2) is 11.5 Å². The van der Waals surface area contributed by atoms with Gasteiger partial charge in [0.2, 0.25) is 5.78 Å². The number of ketones is 2. The minimum Gasteiger partial charge on any atom is -0.374 e. The van der Waals surface area contributed by atoms with Crippen molar-refractivity contribution in [3.05, 3.63) is 89.2 Å². The van der Waals surface area contributed by atoms with Crippen molar-refractivity contribution in [1.29, 1.82) is 0 Å². The highest BCUT2D eigenvalue weighted by Gasteiger charge is 2.37. The van der Waals surface area contributed by atoms with Crippen molar-refractivity contribution in [2.75, 3.05) is 0 Å². The van der Waals surface area contributed by atoms with Gasteiger partial charge in [-0.15, -0.1) is 0 Å². The van der Waals surface area contributed by atoms with E-state index in [0.29, 0.717) is 5.56 Å². The maximum absolute atomic E-state index is 12.6. The summed E-state index contributed by atoms with van der Waals surface area (Å²) in [6.07, 6.45) is 2.19. The minimum absolute atomic E-state index is 0. The quantitative estimate of drug-likeness (QED) is 0.571. The Hall–Kier alpha value is -2.99. The molecule has 0 radical (unpaired) electrons. The Labute approximate surface area is 151 Å². The van der Waals surface area contributed by atoms with E-state index in [4.69, 9.17) is 4.18 Å². The molecule has 4 rings (SSSR count). The first-order valence-electron chi connectivity index (χ1n) is 7.58. The third kappa shape index (κ3) is 2.78. The Morgan fingerprint density at radius 3 is 2.19 bits per heavy atom. The molecule has 132 valence electrons. The maximum Gasteiger partial charge on any atom is 0.339 e. The van der Waals surface area contributed by atoms with E-state index in [-0.39, 0.29) is 17.9 Å². The summed E-state index contributed by atoms with van der Waals surface area (Å²) in [5, 5.41) is 0. The van der Waals surface area contributed by atoms with Gasteiger partial charge in [0.1, 0.15) is 4.90 Å². The zero-order chi connectivity index (χ0) is 17.6. The van der Waals surface area contributed by atoms with Crippen molar-refractivity contribution in [3.8, 4) is 0 Å². The van der Waals surface area contributed by atoms with E-state index in [2.05, 4.69) is 0 Å². The van der Waals surface area contributed by atoms with Crippen LogP contribution in [0.5, 0.6) is 0 Å². The summed E-state index contributed by atoms with van der Waals surface area (Å²) in [4.78, 5) is 24.8. The number of fused-ring (bicyclic) bond motifs is 2. The molecule has 26 heavy (non-hydrogen) atoms. The Morgan fingerprint density at radius 1 is 0.808 bits per heavy atom. The molecule has 1 heterocycles. The van der Waals surface area contributed by atoms with Crippen molar-refractivity contribution < 1.29 is 22.2 Å². The van der Waals surface area contributed by atoms with Gasteiger partial charge in [-0.2, -0.15) is 8.42 Å². The van der Waals surface area contributed by atoms with Crippen LogP contribution in [0, 0.1) is 0 Å². The van der Waals surface area contributed by atoms with Crippen molar-refractivity contribution >= 4 is 21.7 Å². The summed E-state index contributed by atoms with van der Waals surface area (Å²) in [5.41, 5.74) is 1.42. The molecule has 1 aliphatic carbocycles. The fourth-order valence-corrected chi connectivity index (χ4v) is 4.11. The minimum atomic E-state index is -4.18. The second-order valence-electron chi connectivity index (χ2n) is 5.76. The molecule has 5 nitrogen and oxygen atoms in total. The molecule has 1 unspecified atom stereocenters. The predicted octanol–water partition coefficient (Wildman–Crippen LogP) is 3.14. The third-order valence-corrected chi connectivity index (χ3v) is 5.43. The first-order chi connectivity index (χ1) is 12.0. The van der Waals surface area contributed by atoms with Gasteiger partial charge >= 0.3 is 10.1 Å². The molecule has 0 saturated heterocycles. The summed E-state index contributed by atoms with van der Waals surface area (Å²) in [7, 11) is -4.18. The van der Waals surface area contributed by atoms with Crippen molar-refractivity contribution in [3.63, 3.8) is 0 Å². The van der Waals surface area contributed by atoms with Gasteiger partial charge in [0.25, 0.3) is 0 Å². The lowest BCUT2D eigenvalue weighted by molar-refractivity contribution is -0.116. The van der Waals surface area contributed by atoms with E-state index in [0.717, 1.165) is 17.7 Å². The Balaban J connectivity index is 0.00000196. The predicted molar refractivity (Wildman–Crippen MR) is 95.9 cm³/mol. The molecular formula is C20H16O5S. The number of allylic oxidation sites excluding steroid dienone is 3. The van der Waals surface area contributed by atoms with Gasteiger partial charge in [-0.25, -0.2) is 0 Å². The summed E-state index contributed by atoms with van der Waals surface area (Å²) in [6, 6.07) is 15.3. The molecule has 1 atom stereocenters. The van der Waals surface area contributed by atoms with Crippen molar-refractivity contribution in [1.82, 2.24) is 0 Å². The monoisotopic (exact) mass is 368 g/mol. The van der Waals surface area contributed by atoms with Crippen LogP contribution in [0.15, 0.2) is 83.0 Å². The zero-order valence-electron chi connectivity index (χ0n) is 12.9. The van der Waals surface area contributed by atoms with E-state index in [1.54, 1.807) is 12.1 Å². The molecule has 0 saturated carbocycles. The summed E-state index contributed by atoms with van der Waals surface area (Å²) >= 11 is 0. The van der Waals surface area contributed by atoms with Crippen molar-refractivity contribution in [2.45, 2.75) is 18.2 Å². The molecule has 0 N–H and O–H groups in total. The summed E-state index contributed by atoms with van der Waals surface area (Å²) < 4.78 is 29.9. The van der Waals surface area contributed by atoms with Crippen LogP contribution in [-0.2, 0) is 23.9 Å². The highest BCUT2D eigenvalue weighted by molar-refractivity contribution is 7.86. The van der Waals surface area contributed by atoms with Crippen LogP contribution < -0.4 is 0 Å². The lowest BCUT2D eigenvalue weighted by Crippen LogP contribution is -2.26. The fourth-order valence-electron chi connectivity index (χ4n) is 3.10. The van der Waals surface area contributed by atoms with E-state index < -0.39 is 33.4 Å². The van der Waals surface area contributed by atoms with Crippen LogP contribution in [-0.4, -0.2) is 20.0 Å². The van der Waals surface area contributed by atoms with Crippen molar-refractivity contribution in [2.24, 2.45) is 0 Å². The first kappa shape index (κ1) is 17.8. The smallest absolute Gasteiger partial charge is 0.339 e. The third-order valence-electron chi connectivity index (χ3n) is 4.21. The standard InChI is InChI=1S/C19H12O5S.CH4/c20-15-9-10-16(21)19-18(15)17(12-5-2-1-3-6-12)13-7-4-8-14(11-13)25(22,23)24-19;/h1-11,17H;1H4. The Bertz CT molecular complexity index is 1060. The molecule has 0 aromatic heterocycles. The Morgan fingerprint density at radius 2 is 1.46 bits per heavy atom. The number of hydrogen-bond acceptors (Lipinski definition) is 5. The van der Waals surface area contributed by atoms with E-state index >= 15 is 0 Å². The lowest BCUT2D eigenvalue weighted by Gasteiger charge is -2.26. The molecule has 6 heteroatoms. The lowest BCUT2D eigenvalue weighted by atomic mass is 9.80. The van der Waals surface area contributed by atoms with Crippen LogP contribution in [0.25, 0.3) is 0 Å². The number of hydrogen-bond donors (Lipinski definition) is 0. The average Bonchev–Trinajstić information content (AvgIpc) is 2.61. The summed E-state index contributed by atoms with van der Waals surface area (Å²) in [5.74, 6) is -2.09. The largest absolute Gasteiger partial charge is 0.374 e. The maximum atomic E-state index is 12.6. The van der Waals surface area contributed by atoms with E-state index in [1.807, 2.05) is 30.3 Å². The fraction of sp³-hybridized carbons (Fsp3) is 0.100. The van der Waals surface area contributed by atoms with Gasteiger partial charge in [0.05, 0.1) is 5.57 Å².